The second kappa shape index (κ2) is 8.04. The number of aryl methyl sites for hydroxylation is 1. The van der Waals surface area contributed by atoms with Gasteiger partial charge in [-0.1, -0.05) is 36.4 Å². The van der Waals surface area contributed by atoms with Gasteiger partial charge in [0.1, 0.15) is 5.82 Å². The van der Waals surface area contributed by atoms with Gasteiger partial charge in [0.25, 0.3) is 0 Å². The smallest absolute Gasteiger partial charge is 0.196 e. The van der Waals surface area contributed by atoms with Gasteiger partial charge >= 0.3 is 0 Å². The molecular formula is C26H24FN3O2. The fourth-order valence-electron chi connectivity index (χ4n) is 5.01. The molecule has 0 spiro atoms. The Morgan fingerprint density at radius 3 is 2.16 bits per heavy atom. The van der Waals surface area contributed by atoms with Crippen molar-refractivity contribution in [2.45, 2.75) is 19.0 Å². The van der Waals surface area contributed by atoms with Crippen LogP contribution in [0.2, 0.25) is 0 Å². The summed E-state index contributed by atoms with van der Waals surface area (Å²) in [6.45, 7) is 4.90. The molecule has 1 aliphatic heterocycles. The predicted molar refractivity (Wildman–Crippen MR) is 119 cm³/mol. The molecule has 0 radical (unpaired) electrons. The lowest BCUT2D eigenvalue weighted by molar-refractivity contribution is 0.0276. The molecule has 0 unspecified atom stereocenters. The molecule has 0 saturated carbocycles. The van der Waals surface area contributed by atoms with Crippen molar-refractivity contribution in [2.24, 2.45) is 0 Å². The van der Waals surface area contributed by atoms with Crippen LogP contribution >= 0.6 is 0 Å². The highest BCUT2D eigenvalue weighted by molar-refractivity contribution is 6.32. The summed E-state index contributed by atoms with van der Waals surface area (Å²) in [4.78, 5) is 36.2. The average molecular weight is 429 g/mol. The Morgan fingerprint density at radius 1 is 0.906 bits per heavy atom. The first-order chi connectivity index (χ1) is 15.5. The maximum atomic E-state index is 14.4. The summed E-state index contributed by atoms with van der Waals surface area (Å²) in [6.07, 6.45) is 1.78. The molecule has 0 bridgehead atoms. The number of carbonyl (C=O) groups excluding carboxylic acids is 2. The van der Waals surface area contributed by atoms with E-state index >= 15 is 0 Å². The monoisotopic (exact) mass is 429 g/mol. The molecule has 2 heterocycles. The number of carbonyl (C=O) groups is 2. The molecular weight excluding hydrogens is 405 g/mol. The molecule has 1 aliphatic carbocycles. The largest absolute Gasteiger partial charge is 0.295 e. The fourth-order valence-corrected chi connectivity index (χ4v) is 5.01. The summed E-state index contributed by atoms with van der Waals surface area (Å²) in [7, 11) is 0. The molecule has 2 aliphatic rings. The van der Waals surface area contributed by atoms with E-state index in [2.05, 4.69) is 9.88 Å². The third-order valence-electron chi connectivity index (χ3n) is 6.49. The van der Waals surface area contributed by atoms with E-state index in [9.17, 15) is 14.0 Å². The molecule has 1 aromatic heterocycles. The molecule has 2 aromatic carbocycles. The molecule has 32 heavy (non-hydrogen) atoms. The number of hydrogen-bond donors (Lipinski definition) is 0. The molecule has 3 aromatic rings. The van der Waals surface area contributed by atoms with Crippen molar-refractivity contribution in [3.8, 4) is 0 Å². The van der Waals surface area contributed by atoms with Gasteiger partial charge in [-0.05, 0) is 42.3 Å². The second-order valence-corrected chi connectivity index (χ2v) is 8.52. The van der Waals surface area contributed by atoms with Crippen molar-refractivity contribution in [1.29, 1.82) is 0 Å². The van der Waals surface area contributed by atoms with Gasteiger partial charge in [0, 0.05) is 50.0 Å². The normalized spacial score (nSPS) is 18.7. The van der Waals surface area contributed by atoms with Crippen LogP contribution in [0, 0.1) is 12.7 Å². The maximum absolute atomic E-state index is 14.4. The minimum atomic E-state index is -1.52. The zero-order chi connectivity index (χ0) is 22.3. The number of benzene rings is 2. The van der Waals surface area contributed by atoms with E-state index in [-0.39, 0.29) is 11.6 Å². The van der Waals surface area contributed by atoms with Gasteiger partial charge in [0.05, 0.1) is 5.69 Å². The Balaban J connectivity index is 1.51. The van der Waals surface area contributed by atoms with Crippen LogP contribution in [0.3, 0.4) is 0 Å². The highest BCUT2D eigenvalue weighted by atomic mass is 19.1. The second-order valence-electron chi connectivity index (χ2n) is 8.52. The van der Waals surface area contributed by atoms with Crippen LogP contribution in [-0.2, 0) is 12.1 Å². The van der Waals surface area contributed by atoms with Crippen LogP contribution in [-0.4, -0.2) is 52.5 Å². The number of hydrogen-bond acceptors (Lipinski definition) is 5. The summed E-state index contributed by atoms with van der Waals surface area (Å²) in [6, 6.07) is 17.3. The van der Waals surface area contributed by atoms with Crippen molar-refractivity contribution in [3.05, 3.63) is 101 Å². The van der Waals surface area contributed by atoms with Gasteiger partial charge in [-0.25, -0.2) is 4.39 Å². The molecule has 0 atom stereocenters. The van der Waals surface area contributed by atoms with E-state index in [1.54, 1.807) is 43.5 Å². The van der Waals surface area contributed by atoms with Crippen LogP contribution in [0.25, 0.3) is 0 Å². The third-order valence-corrected chi connectivity index (χ3v) is 6.49. The first-order valence-electron chi connectivity index (χ1n) is 10.8. The molecule has 1 saturated heterocycles. The molecule has 5 rings (SSSR count). The fraction of sp³-hybridized carbons (Fsp3) is 0.269. The molecule has 0 amide bonds. The number of Topliss-reactive ketones (excluding diaryl/α,β-unsaturated/α-hetero) is 2. The predicted octanol–water partition coefficient (Wildman–Crippen LogP) is 3.62. The van der Waals surface area contributed by atoms with Crippen molar-refractivity contribution in [3.63, 3.8) is 0 Å². The minimum absolute atomic E-state index is 0.263. The molecule has 6 heteroatoms. The Morgan fingerprint density at radius 2 is 1.56 bits per heavy atom. The van der Waals surface area contributed by atoms with Gasteiger partial charge in [-0.2, -0.15) is 0 Å². The first kappa shape index (κ1) is 20.7. The maximum Gasteiger partial charge on any atom is 0.196 e. The van der Waals surface area contributed by atoms with Gasteiger partial charge in [0.15, 0.2) is 17.1 Å². The number of ketones is 2. The number of aromatic nitrogens is 1. The zero-order valence-electron chi connectivity index (χ0n) is 17.9. The molecule has 0 N–H and O–H groups in total. The van der Waals surface area contributed by atoms with E-state index in [1.165, 1.54) is 12.1 Å². The van der Waals surface area contributed by atoms with Crippen LogP contribution < -0.4 is 0 Å². The Labute approximate surface area is 186 Å². The van der Waals surface area contributed by atoms with Crippen LogP contribution in [0.15, 0.2) is 66.9 Å². The number of fused-ring (bicyclic) bond motifs is 1. The first-order valence-corrected chi connectivity index (χ1v) is 10.8. The lowest BCUT2D eigenvalue weighted by Gasteiger charge is -2.44. The van der Waals surface area contributed by atoms with E-state index in [4.69, 9.17) is 0 Å². The van der Waals surface area contributed by atoms with Gasteiger partial charge < -0.3 is 0 Å². The highest BCUT2D eigenvalue weighted by Gasteiger charge is 2.58. The van der Waals surface area contributed by atoms with E-state index in [0.717, 1.165) is 5.69 Å². The Bertz CT molecular complexity index is 1130. The summed E-state index contributed by atoms with van der Waals surface area (Å²) in [5.41, 5.74) is 1.39. The van der Waals surface area contributed by atoms with Crippen LogP contribution in [0.5, 0.6) is 0 Å². The molecule has 5 nitrogen and oxygen atoms in total. The minimum Gasteiger partial charge on any atom is -0.295 e. The summed E-state index contributed by atoms with van der Waals surface area (Å²) < 4.78 is 14.4. The lowest BCUT2D eigenvalue weighted by atomic mass is 9.81. The van der Waals surface area contributed by atoms with E-state index in [0.29, 0.717) is 55.0 Å². The van der Waals surface area contributed by atoms with E-state index < -0.39 is 11.4 Å². The Kier molecular flexibility index (Phi) is 5.19. The van der Waals surface area contributed by atoms with E-state index in [1.807, 2.05) is 23.1 Å². The van der Waals surface area contributed by atoms with Crippen molar-refractivity contribution in [2.75, 3.05) is 26.2 Å². The number of piperazine rings is 1. The lowest BCUT2D eigenvalue weighted by Crippen LogP contribution is -2.60. The highest BCUT2D eigenvalue weighted by Crippen LogP contribution is 2.43. The van der Waals surface area contributed by atoms with Crippen molar-refractivity contribution in [1.82, 2.24) is 14.8 Å². The SMILES string of the molecule is Cc1cc(F)cc(C2(N3CCN(Cc4ccccn4)CC3)C(=O)c3ccccc3C2=O)c1. The van der Waals surface area contributed by atoms with Gasteiger partial charge in [-0.3, -0.25) is 24.4 Å². The molecule has 162 valence electrons. The number of nitrogens with zero attached hydrogens (tertiary/aromatic N) is 3. The standard InChI is InChI=1S/C26H24FN3O2/c1-18-14-19(16-20(27)15-18)26(24(31)22-7-2-3-8-23(22)25(26)32)30-12-10-29(11-13-30)17-21-6-4-5-9-28-21/h2-9,14-16H,10-13,17H2,1H3. The summed E-state index contributed by atoms with van der Waals surface area (Å²) in [5.74, 6) is -0.965. The number of rotatable bonds is 4. The molecule has 1 fully saturated rings. The third kappa shape index (κ3) is 3.27. The van der Waals surface area contributed by atoms with Crippen molar-refractivity contribution < 1.29 is 14.0 Å². The van der Waals surface area contributed by atoms with Crippen molar-refractivity contribution >= 4 is 11.6 Å². The number of halogens is 1. The van der Waals surface area contributed by atoms with Crippen LogP contribution in [0.4, 0.5) is 4.39 Å². The van der Waals surface area contributed by atoms with Crippen LogP contribution in [0.1, 0.15) is 37.5 Å². The topological polar surface area (TPSA) is 53.5 Å². The zero-order valence-corrected chi connectivity index (χ0v) is 17.9. The van der Waals surface area contributed by atoms with Gasteiger partial charge in [0.2, 0.25) is 0 Å². The van der Waals surface area contributed by atoms with Gasteiger partial charge in [-0.15, -0.1) is 0 Å². The quantitative estimate of drug-likeness (QED) is 0.593. The summed E-state index contributed by atoms with van der Waals surface area (Å²) >= 11 is 0. The Hall–Kier alpha value is -3.22. The average Bonchev–Trinajstić information content (AvgIpc) is 3.02. The number of pyridine rings is 1. The summed E-state index contributed by atoms with van der Waals surface area (Å²) in [5, 5.41) is 0.